The van der Waals surface area contributed by atoms with Gasteiger partial charge in [0.05, 0.1) is 5.92 Å². The molecule has 0 radical (unpaired) electrons. The molecule has 2 heteroatoms. The van der Waals surface area contributed by atoms with Crippen molar-refractivity contribution in [3.8, 4) is 0 Å². The molecule has 0 aliphatic rings. The van der Waals surface area contributed by atoms with E-state index in [0.29, 0.717) is 0 Å². The van der Waals surface area contributed by atoms with Crippen LogP contribution in [0.25, 0.3) is 0 Å². The molecule has 0 saturated carbocycles. The molecule has 0 amide bonds. The fourth-order valence-electron chi connectivity index (χ4n) is 3.23. The maximum absolute atomic E-state index is 11.3. The molecule has 0 aromatic heterocycles. The lowest BCUT2D eigenvalue weighted by atomic mass is 9.94. The molecule has 1 N–H and O–H groups in total. The summed E-state index contributed by atoms with van der Waals surface area (Å²) in [5.41, 5.74) is 0. The number of allylic oxidation sites excluding steroid dienone is 4. The molecule has 1 unspecified atom stereocenters. The second kappa shape index (κ2) is 20.3. The van der Waals surface area contributed by atoms with Crippen molar-refractivity contribution in [3.05, 3.63) is 24.3 Å². The van der Waals surface area contributed by atoms with E-state index in [1.807, 2.05) is 0 Å². The number of hydrogen-bond acceptors (Lipinski definition) is 1. The van der Waals surface area contributed by atoms with E-state index in [1.54, 1.807) is 0 Å². The monoisotopic (exact) mass is 364 g/mol. The third kappa shape index (κ3) is 17.8. The molecule has 0 heterocycles. The molecule has 0 aromatic carbocycles. The highest BCUT2D eigenvalue weighted by atomic mass is 16.4. The fourth-order valence-corrected chi connectivity index (χ4v) is 3.23. The topological polar surface area (TPSA) is 37.3 Å². The second-order valence-electron chi connectivity index (χ2n) is 7.55. The van der Waals surface area contributed by atoms with E-state index in [-0.39, 0.29) is 5.92 Å². The number of hydrogen-bond donors (Lipinski definition) is 1. The molecule has 26 heavy (non-hydrogen) atoms. The Morgan fingerprint density at radius 2 is 1.15 bits per heavy atom. The van der Waals surface area contributed by atoms with E-state index in [1.165, 1.54) is 64.2 Å². The molecular weight excluding hydrogens is 320 g/mol. The first-order valence-electron chi connectivity index (χ1n) is 11.2. The Labute approximate surface area is 163 Å². The van der Waals surface area contributed by atoms with Crippen LogP contribution in [0.3, 0.4) is 0 Å². The SMILES string of the molecule is CCCCCC=CCC=CCCCCCCC(CCCCCC)C(=O)O. The normalized spacial score (nSPS) is 13.0. The Balaban J connectivity index is 3.52. The highest BCUT2D eigenvalue weighted by Crippen LogP contribution is 2.19. The van der Waals surface area contributed by atoms with Crippen LogP contribution in [0, 0.1) is 5.92 Å². The van der Waals surface area contributed by atoms with Gasteiger partial charge in [0.2, 0.25) is 0 Å². The van der Waals surface area contributed by atoms with E-state index < -0.39 is 5.97 Å². The third-order valence-corrected chi connectivity index (χ3v) is 5.01. The number of unbranched alkanes of at least 4 members (excludes halogenated alkanes) is 10. The zero-order valence-electron chi connectivity index (χ0n) is 17.6. The molecule has 0 spiro atoms. The molecule has 152 valence electrons. The van der Waals surface area contributed by atoms with Gasteiger partial charge in [-0.15, -0.1) is 0 Å². The van der Waals surface area contributed by atoms with E-state index in [2.05, 4.69) is 38.2 Å². The molecule has 0 saturated heterocycles. The zero-order chi connectivity index (χ0) is 19.3. The summed E-state index contributed by atoms with van der Waals surface area (Å²) in [5, 5.41) is 9.32. The van der Waals surface area contributed by atoms with Crippen molar-refractivity contribution in [3.63, 3.8) is 0 Å². The van der Waals surface area contributed by atoms with Gasteiger partial charge in [0, 0.05) is 0 Å². The van der Waals surface area contributed by atoms with Crippen LogP contribution in [0.1, 0.15) is 117 Å². The first kappa shape index (κ1) is 24.9. The lowest BCUT2D eigenvalue weighted by molar-refractivity contribution is -0.142. The lowest BCUT2D eigenvalue weighted by Crippen LogP contribution is -2.13. The minimum Gasteiger partial charge on any atom is -0.481 e. The van der Waals surface area contributed by atoms with Crippen molar-refractivity contribution in [2.75, 3.05) is 0 Å². The maximum atomic E-state index is 11.3. The van der Waals surface area contributed by atoms with Gasteiger partial charge in [-0.2, -0.15) is 0 Å². The van der Waals surface area contributed by atoms with Crippen LogP contribution in [-0.2, 0) is 4.79 Å². The average molecular weight is 365 g/mol. The first-order valence-corrected chi connectivity index (χ1v) is 11.2. The van der Waals surface area contributed by atoms with Gasteiger partial charge in [0.1, 0.15) is 0 Å². The molecule has 2 nitrogen and oxygen atoms in total. The van der Waals surface area contributed by atoms with Gasteiger partial charge in [-0.25, -0.2) is 0 Å². The molecule has 1 atom stereocenters. The second-order valence-corrected chi connectivity index (χ2v) is 7.55. The molecule has 0 aliphatic heterocycles. The van der Waals surface area contributed by atoms with Crippen LogP contribution in [0.5, 0.6) is 0 Å². The summed E-state index contributed by atoms with van der Waals surface area (Å²) < 4.78 is 0. The van der Waals surface area contributed by atoms with Crippen LogP contribution in [0.4, 0.5) is 0 Å². The summed E-state index contributed by atoms with van der Waals surface area (Å²) in [7, 11) is 0. The summed E-state index contributed by atoms with van der Waals surface area (Å²) in [4.78, 5) is 11.3. The van der Waals surface area contributed by atoms with Gasteiger partial charge < -0.3 is 5.11 Å². The number of aliphatic carboxylic acids is 1. The van der Waals surface area contributed by atoms with Crippen molar-refractivity contribution in [1.82, 2.24) is 0 Å². The number of carboxylic acid groups (broad SMARTS) is 1. The van der Waals surface area contributed by atoms with E-state index in [4.69, 9.17) is 0 Å². The molecule has 0 fully saturated rings. The summed E-state index contributed by atoms with van der Waals surface area (Å²) in [6.07, 6.45) is 27.6. The smallest absolute Gasteiger partial charge is 0.306 e. The van der Waals surface area contributed by atoms with Gasteiger partial charge in [-0.3, -0.25) is 4.79 Å². The average Bonchev–Trinajstić information content (AvgIpc) is 2.63. The summed E-state index contributed by atoms with van der Waals surface area (Å²) in [5.74, 6) is -0.706. The standard InChI is InChI=1S/C24H44O2/c1-3-5-7-9-10-11-12-13-14-15-16-17-18-20-22-23(24(25)26)21-19-8-6-4-2/h10-11,13-14,23H,3-9,12,15-22H2,1-2H3,(H,25,26). The van der Waals surface area contributed by atoms with Gasteiger partial charge in [0.15, 0.2) is 0 Å². The summed E-state index contributed by atoms with van der Waals surface area (Å²) >= 11 is 0. The van der Waals surface area contributed by atoms with Gasteiger partial charge in [-0.05, 0) is 44.9 Å². The Hall–Kier alpha value is -1.05. The van der Waals surface area contributed by atoms with Crippen molar-refractivity contribution >= 4 is 5.97 Å². The summed E-state index contributed by atoms with van der Waals surface area (Å²) in [6.45, 7) is 4.43. The minimum absolute atomic E-state index is 0.115. The Kier molecular flexibility index (Phi) is 19.4. The predicted octanol–water partition coefficient (Wildman–Crippen LogP) is 8.08. The van der Waals surface area contributed by atoms with Crippen molar-refractivity contribution in [2.45, 2.75) is 117 Å². The van der Waals surface area contributed by atoms with Crippen molar-refractivity contribution in [1.29, 1.82) is 0 Å². The van der Waals surface area contributed by atoms with Crippen LogP contribution in [0.15, 0.2) is 24.3 Å². The van der Waals surface area contributed by atoms with E-state index in [0.717, 1.165) is 38.5 Å². The molecule has 0 rings (SSSR count). The largest absolute Gasteiger partial charge is 0.481 e. The highest BCUT2D eigenvalue weighted by Gasteiger charge is 2.15. The van der Waals surface area contributed by atoms with Gasteiger partial charge >= 0.3 is 5.97 Å². The fraction of sp³-hybridized carbons (Fsp3) is 0.792. The van der Waals surface area contributed by atoms with Crippen molar-refractivity contribution in [2.24, 2.45) is 5.92 Å². The van der Waals surface area contributed by atoms with Crippen LogP contribution in [-0.4, -0.2) is 11.1 Å². The number of rotatable bonds is 19. The van der Waals surface area contributed by atoms with Crippen LogP contribution < -0.4 is 0 Å². The quantitative estimate of drug-likeness (QED) is 0.186. The van der Waals surface area contributed by atoms with Gasteiger partial charge in [0.25, 0.3) is 0 Å². The summed E-state index contributed by atoms with van der Waals surface area (Å²) in [6, 6.07) is 0. The third-order valence-electron chi connectivity index (χ3n) is 5.01. The highest BCUT2D eigenvalue weighted by molar-refractivity contribution is 5.69. The molecule has 0 aliphatic carbocycles. The predicted molar refractivity (Wildman–Crippen MR) is 115 cm³/mol. The van der Waals surface area contributed by atoms with E-state index >= 15 is 0 Å². The number of carbonyl (C=O) groups is 1. The van der Waals surface area contributed by atoms with Crippen LogP contribution >= 0.6 is 0 Å². The first-order chi connectivity index (χ1) is 12.7. The Morgan fingerprint density at radius 1 is 0.692 bits per heavy atom. The number of carboxylic acids is 1. The van der Waals surface area contributed by atoms with Crippen molar-refractivity contribution < 1.29 is 9.90 Å². The van der Waals surface area contributed by atoms with Crippen LogP contribution in [0.2, 0.25) is 0 Å². The zero-order valence-corrected chi connectivity index (χ0v) is 17.6. The van der Waals surface area contributed by atoms with E-state index in [9.17, 15) is 9.90 Å². The Morgan fingerprint density at radius 3 is 1.69 bits per heavy atom. The molecule has 0 aromatic rings. The molecular formula is C24H44O2. The Bertz CT molecular complexity index is 357. The van der Waals surface area contributed by atoms with Gasteiger partial charge in [-0.1, -0.05) is 95.9 Å². The maximum Gasteiger partial charge on any atom is 0.306 e. The molecule has 0 bridgehead atoms. The lowest BCUT2D eigenvalue weighted by Gasteiger charge is -2.11. The minimum atomic E-state index is -0.591.